The van der Waals surface area contributed by atoms with E-state index in [2.05, 4.69) is 15.9 Å². The van der Waals surface area contributed by atoms with Gasteiger partial charge >= 0.3 is 5.97 Å². The molecule has 0 bridgehead atoms. The lowest BCUT2D eigenvalue weighted by molar-refractivity contribution is -0.149. The summed E-state index contributed by atoms with van der Waals surface area (Å²) in [6, 6.07) is 6.60. The number of rotatable bonds is 4. The Bertz CT molecular complexity index is 617. The number of piperidine rings is 1. The summed E-state index contributed by atoms with van der Waals surface area (Å²) < 4.78 is 32.3. The highest BCUT2D eigenvalue weighted by Crippen LogP contribution is 2.25. The Labute approximate surface area is 133 Å². The lowest BCUT2D eigenvalue weighted by Crippen LogP contribution is -2.42. The number of carbonyl (C=O) groups is 1. The van der Waals surface area contributed by atoms with Crippen molar-refractivity contribution in [2.75, 3.05) is 19.7 Å². The zero-order valence-corrected chi connectivity index (χ0v) is 14.2. The highest BCUT2D eigenvalue weighted by molar-refractivity contribution is 9.10. The fourth-order valence-electron chi connectivity index (χ4n) is 2.39. The fraction of sp³-hybridized carbons (Fsp3) is 0.500. The first-order chi connectivity index (χ1) is 9.95. The molecule has 1 aromatic carbocycles. The molecular formula is C14H18BrNO4S. The molecule has 0 aromatic heterocycles. The third kappa shape index (κ3) is 3.84. The van der Waals surface area contributed by atoms with Crippen molar-refractivity contribution in [2.45, 2.75) is 24.7 Å². The molecule has 5 nitrogen and oxygen atoms in total. The van der Waals surface area contributed by atoms with Gasteiger partial charge in [-0.2, -0.15) is 4.31 Å². The van der Waals surface area contributed by atoms with Crippen LogP contribution in [0.5, 0.6) is 0 Å². The molecule has 116 valence electrons. The van der Waals surface area contributed by atoms with Gasteiger partial charge in [0.15, 0.2) is 0 Å². The predicted molar refractivity (Wildman–Crippen MR) is 82.3 cm³/mol. The van der Waals surface area contributed by atoms with Crippen molar-refractivity contribution in [3.8, 4) is 0 Å². The van der Waals surface area contributed by atoms with E-state index in [9.17, 15) is 13.2 Å². The van der Waals surface area contributed by atoms with Crippen LogP contribution in [-0.2, 0) is 19.6 Å². The molecule has 0 saturated carbocycles. The number of sulfonamides is 1. The Kier molecular flexibility index (Phi) is 5.40. The number of nitrogens with zero attached hydrogens (tertiary/aromatic N) is 1. The van der Waals surface area contributed by atoms with Gasteiger partial charge in [-0.1, -0.05) is 22.0 Å². The van der Waals surface area contributed by atoms with Crippen molar-refractivity contribution >= 4 is 31.9 Å². The summed E-state index contributed by atoms with van der Waals surface area (Å²) in [5.74, 6) is -0.688. The minimum atomic E-state index is -3.57. The Morgan fingerprint density at radius 1 is 1.48 bits per heavy atom. The minimum Gasteiger partial charge on any atom is -0.466 e. The van der Waals surface area contributed by atoms with Gasteiger partial charge in [-0.05, 0) is 38.0 Å². The summed E-state index contributed by atoms with van der Waals surface area (Å²) in [7, 11) is -3.57. The first kappa shape index (κ1) is 16.5. The predicted octanol–water partition coefficient (Wildman–Crippen LogP) is 2.41. The second kappa shape index (κ2) is 6.89. The molecule has 1 fully saturated rings. The summed E-state index contributed by atoms with van der Waals surface area (Å²) in [6.07, 6.45) is 1.33. The van der Waals surface area contributed by atoms with Gasteiger partial charge in [0.1, 0.15) is 0 Å². The molecule has 0 aliphatic carbocycles. The third-order valence-electron chi connectivity index (χ3n) is 3.44. The second-order valence-corrected chi connectivity index (χ2v) is 7.77. The Hall–Kier alpha value is -0.920. The maximum atomic E-state index is 12.6. The van der Waals surface area contributed by atoms with Crippen LogP contribution in [-0.4, -0.2) is 38.4 Å². The van der Waals surface area contributed by atoms with Crippen molar-refractivity contribution in [1.82, 2.24) is 4.31 Å². The Balaban J connectivity index is 2.18. The highest BCUT2D eigenvalue weighted by Gasteiger charge is 2.33. The van der Waals surface area contributed by atoms with Gasteiger partial charge in [0.25, 0.3) is 0 Å². The van der Waals surface area contributed by atoms with E-state index in [1.165, 1.54) is 4.31 Å². The van der Waals surface area contributed by atoms with Crippen LogP contribution < -0.4 is 0 Å². The van der Waals surface area contributed by atoms with Gasteiger partial charge in [0, 0.05) is 17.6 Å². The van der Waals surface area contributed by atoms with Crippen LogP contribution in [0.15, 0.2) is 33.6 Å². The molecule has 1 saturated heterocycles. The molecule has 7 heteroatoms. The largest absolute Gasteiger partial charge is 0.466 e. The number of halogens is 1. The van der Waals surface area contributed by atoms with Gasteiger partial charge in [0.05, 0.1) is 17.4 Å². The Morgan fingerprint density at radius 3 is 2.90 bits per heavy atom. The number of hydrogen-bond acceptors (Lipinski definition) is 4. The van der Waals surface area contributed by atoms with Gasteiger partial charge in [-0.15, -0.1) is 0 Å². The van der Waals surface area contributed by atoms with E-state index < -0.39 is 10.0 Å². The lowest BCUT2D eigenvalue weighted by atomic mass is 10.0. The van der Waals surface area contributed by atoms with Crippen molar-refractivity contribution in [1.29, 1.82) is 0 Å². The molecule has 1 atom stereocenters. The van der Waals surface area contributed by atoms with Crippen molar-refractivity contribution in [3.63, 3.8) is 0 Å². The SMILES string of the molecule is CCOC(=O)C1CCCN(S(=O)(=O)c2cccc(Br)c2)C1. The quantitative estimate of drug-likeness (QED) is 0.758. The number of benzene rings is 1. The van der Waals surface area contributed by atoms with E-state index in [1.807, 2.05) is 0 Å². The number of hydrogen-bond donors (Lipinski definition) is 0. The van der Waals surface area contributed by atoms with Crippen molar-refractivity contribution in [2.24, 2.45) is 5.92 Å². The molecule has 1 unspecified atom stereocenters. The molecule has 0 radical (unpaired) electrons. The van der Waals surface area contributed by atoms with E-state index in [-0.39, 0.29) is 23.3 Å². The molecule has 1 aliphatic heterocycles. The van der Waals surface area contributed by atoms with E-state index in [4.69, 9.17) is 4.74 Å². The van der Waals surface area contributed by atoms with Crippen LogP contribution in [0.1, 0.15) is 19.8 Å². The van der Waals surface area contributed by atoms with Gasteiger partial charge in [-0.25, -0.2) is 8.42 Å². The normalized spacial score (nSPS) is 20.2. The average molecular weight is 376 g/mol. The molecule has 0 spiro atoms. The molecule has 0 amide bonds. The van der Waals surface area contributed by atoms with Gasteiger partial charge < -0.3 is 4.74 Å². The van der Waals surface area contributed by atoms with E-state index >= 15 is 0 Å². The monoisotopic (exact) mass is 375 g/mol. The van der Waals surface area contributed by atoms with Crippen LogP contribution in [0.3, 0.4) is 0 Å². The smallest absolute Gasteiger partial charge is 0.310 e. The van der Waals surface area contributed by atoms with E-state index in [1.54, 1.807) is 31.2 Å². The standard InChI is InChI=1S/C14H18BrNO4S/c1-2-20-14(17)11-5-4-8-16(10-11)21(18,19)13-7-3-6-12(15)9-13/h3,6-7,9,11H,2,4-5,8,10H2,1H3. The minimum absolute atomic E-state index is 0.188. The van der Waals surface area contributed by atoms with Crippen LogP contribution in [0, 0.1) is 5.92 Å². The van der Waals surface area contributed by atoms with Crippen LogP contribution in [0.4, 0.5) is 0 Å². The van der Waals surface area contributed by atoms with E-state index in [0.717, 1.165) is 0 Å². The third-order valence-corrected chi connectivity index (χ3v) is 5.79. The molecule has 1 aromatic rings. The maximum Gasteiger partial charge on any atom is 0.310 e. The summed E-state index contributed by atoms with van der Waals surface area (Å²) in [5, 5.41) is 0. The second-order valence-electron chi connectivity index (χ2n) is 4.91. The molecule has 1 aliphatic rings. The van der Waals surface area contributed by atoms with Crippen LogP contribution in [0.25, 0.3) is 0 Å². The van der Waals surface area contributed by atoms with Gasteiger partial charge in [0.2, 0.25) is 10.0 Å². The summed E-state index contributed by atoms with van der Waals surface area (Å²) in [6.45, 7) is 2.68. The zero-order valence-electron chi connectivity index (χ0n) is 11.8. The molecule has 0 N–H and O–H groups in total. The molecule has 21 heavy (non-hydrogen) atoms. The summed E-state index contributed by atoms with van der Waals surface area (Å²) >= 11 is 3.28. The topological polar surface area (TPSA) is 63.7 Å². The van der Waals surface area contributed by atoms with Crippen molar-refractivity contribution in [3.05, 3.63) is 28.7 Å². The average Bonchev–Trinajstić information content (AvgIpc) is 2.47. The zero-order chi connectivity index (χ0) is 15.5. The number of esters is 1. The molecule has 1 heterocycles. The van der Waals surface area contributed by atoms with Crippen LogP contribution in [0.2, 0.25) is 0 Å². The van der Waals surface area contributed by atoms with Gasteiger partial charge in [-0.3, -0.25) is 4.79 Å². The first-order valence-corrected chi connectivity index (χ1v) is 9.11. The summed E-state index contributed by atoms with van der Waals surface area (Å²) in [4.78, 5) is 12.0. The highest BCUT2D eigenvalue weighted by atomic mass is 79.9. The Morgan fingerprint density at radius 2 is 2.24 bits per heavy atom. The van der Waals surface area contributed by atoms with Crippen LogP contribution >= 0.6 is 15.9 Å². The summed E-state index contributed by atoms with van der Waals surface area (Å²) in [5.41, 5.74) is 0. The fourth-order valence-corrected chi connectivity index (χ4v) is 4.51. The lowest BCUT2D eigenvalue weighted by Gasteiger charge is -2.30. The molecular weight excluding hydrogens is 358 g/mol. The maximum absolute atomic E-state index is 12.6. The number of carbonyl (C=O) groups excluding carboxylic acids is 1. The van der Waals surface area contributed by atoms with Crippen molar-refractivity contribution < 1.29 is 17.9 Å². The molecule has 2 rings (SSSR count). The van der Waals surface area contributed by atoms with E-state index in [0.29, 0.717) is 30.5 Å². The first-order valence-electron chi connectivity index (χ1n) is 6.87. The number of ether oxygens (including phenoxy) is 1.